The van der Waals surface area contributed by atoms with Crippen molar-refractivity contribution in [3.8, 4) is 0 Å². The standard InChI is InChI=1S/C12H20ClN5/c1-10(8-18-5-3-17(2)4-6-18)16-12-11(13)7-14-9-15-12/h7,9-10H,3-6,8H2,1-2H3,(H,14,15,16). The predicted octanol–water partition coefficient (Wildman–Crippen LogP) is 1.18. The van der Waals surface area contributed by atoms with E-state index in [-0.39, 0.29) is 0 Å². The van der Waals surface area contributed by atoms with Gasteiger partial charge in [-0.15, -0.1) is 0 Å². The number of aromatic nitrogens is 2. The molecule has 1 aromatic heterocycles. The number of hydrogen-bond donors (Lipinski definition) is 1. The van der Waals surface area contributed by atoms with Crippen LogP contribution in [0.3, 0.4) is 0 Å². The average molecular weight is 270 g/mol. The van der Waals surface area contributed by atoms with Crippen molar-refractivity contribution in [1.29, 1.82) is 0 Å². The van der Waals surface area contributed by atoms with Crippen LogP contribution in [0.2, 0.25) is 5.02 Å². The number of nitrogens with zero attached hydrogens (tertiary/aromatic N) is 4. The maximum Gasteiger partial charge on any atom is 0.148 e. The molecule has 0 bridgehead atoms. The fraction of sp³-hybridized carbons (Fsp3) is 0.667. The molecule has 1 aromatic rings. The molecular formula is C12H20ClN5. The van der Waals surface area contributed by atoms with Gasteiger partial charge < -0.3 is 10.2 Å². The molecule has 6 heteroatoms. The third-order valence-corrected chi connectivity index (χ3v) is 3.46. The summed E-state index contributed by atoms with van der Waals surface area (Å²) < 4.78 is 0. The second kappa shape index (κ2) is 6.31. The number of nitrogens with one attached hydrogen (secondary N) is 1. The van der Waals surface area contributed by atoms with Gasteiger partial charge >= 0.3 is 0 Å². The molecule has 1 N–H and O–H groups in total. The second-order valence-corrected chi connectivity index (χ2v) is 5.28. The maximum absolute atomic E-state index is 6.02. The molecule has 0 spiro atoms. The first-order valence-electron chi connectivity index (χ1n) is 6.28. The van der Waals surface area contributed by atoms with Gasteiger partial charge in [0.05, 0.1) is 6.20 Å². The minimum Gasteiger partial charge on any atom is -0.365 e. The molecule has 18 heavy (non-hydrogen) atoms. The van der Waals surface area contributed by atoms with Crippen LogP contribution in [-0.4, -0.2) is 65.6 Å². The van der Waals surface area contributed by atoms with Crippen LogP contribution < -0.4 is 5.32 Å². The third-order valence-electron chi connectivity index (χ3n) is 3.18. The largest absolute Gasteiger partial charge is 0.365 e. The zero-order valence-corrected chi connectivity index (χ0v) is 11.7. The third kappa shape index (κ3) is 3.80. The summed E-state index contributed by atoms with van der Waals surface area (Å²) in [4.78, 5) is 12.8. The van der Waals surface area contributed by atoms with Gasteiger partial charge in [-0.25, -0.2) is 9.97 Å². The number of rotatable bonds is 4. The summed E-state index contributed by atoms with van der Waals surface area (Å²) >= 11 is 6.02. The van der Waals surface area contributed by atoms with Gasteiger partial charge in [0.1, 0.15) is 17.2 Å². The first kappa shape index (κ1) is 13.5. The van der Waals surface area contributed by atoms with Crippen molar-refractivity contribution in [3.05, 3.63) is 17.5 Å². The van der Waals surface area contributed by atoms with E-state index in [1.807, 2.05) is 0 Å². The lowest BCUT2D eigenvalue weighted by Gasteiger charge is -2.34. The molecule has 1 aliphatic heterocycles. The molecule has 1 atom stereocenters. The number of anilines is 1. The Hall–Kier alpha value is -0.910. The van der Waals surface area contributed by atoms with Crippen molar-refractivity contribution in [2.75, 3.05) is 45.1 Å². The maximum atomic E-state index is 6.02. The van der Waals surface area contributed by atoms with Crippen molar-refractivity contribution in [2.24, 2.45) is 0 Å². The summed E-state index contributed by atoms with van der Waals surface area (Å²) in [6, 6.07) is 0.320. The minimum absolute atomic E-state index is 0.320. The molecule has 0 saturated carbocycles. The highest BCUT2D eigenvalue weighted by atomic mass is 35.5. The summed E-state index contributed by atoms with van der Waals surface area (Å²) in [6.45, 7) is 7.69. The number of hydrogen-bond acceptors (Lipinski definition) is 5. The van der Waals surface area contributed by atoms with Gasteiger partial charge in [0.2, 0.25) is 0 Å². The highest BCUT2D eigenvalue weighted by Crippen LogP contribution is 2.17. The fourth-order valence-corrected chi connectivity index (χ4v) is 2.28. The molecular weight excluding hydrogens is 250 g/mol. The average Bonchev–Trinajstić information content (AvgIpc) is 2.35. The quantitative estimate of drug-likeness (QED) is 0.889. The Balaban J connectivity index is 1.82. The molecule has 0 aromatic carbocycles. The predicted molar refractivity (Wildman–Crippen MR) is 74.1 cm³/mol. The number of halogens is 1. The Kier molecular flexibility index (Phi) is 4.74. The van der Waals surface area contributed by atoms with E-state index in [0.717, 1.165) is 32.7 Å². The summed E-state index contributed by atoms with van der Waals surface area (Å²) in [5, 5.41) is 3.90. The Bertz CT molecular complexity index is 378. The van der Waals surface area contributed by atoms with E-state index < -0.39 is 0 Å². The summed E-state index contributed by atoms with van der Waals surface area (Å²) in [5.41, 5.74) is 0. The molecule has 1 aliphatic rings. The van der Waals surface area contributed by atoms with Crippen molar-refractivity contribution in [2.45, 2.75) is 13.0 Å². The van der Waals surface area contributed by atoms with Crippen LogP contribution in [0.4, 0.5) is 5.82 Å². The molecule has 5 nitrogen and oxygen atoms in total. The number of likely N-dealkylation sites (N-methyl/N-ethyl adjacent to an activating group) is 1. The Morgan fingerprint density at radius 2 is 2.11 bits per heavy atom. The monoisotopic (exact) mass is 269 g/mol. The molecule has 2 rings (SSSR count). The van der Waals surface area contributed by atoms with Gasteiger partial charge in [-0.3, -0.25) is 4.90 Å². The number of piperazine rings is 1. The Morgan fingerprint density at radius 1 is 1.39 bits per heavy atom. The summed E-state index contributed by atoms with van der Waals surface area (Å²) in [7, 11) is 2.17. The van der Waals surface area contributed by atoms with Crippen molar-refractivity contribution in [1.82, 2.24) is 19.8 Å². The van der Waals surface area contributed by atoms with E-state index in [1.54, 1.807) is 6.20 Å². The van der Waals surface area contributed by atoms with Gasteiger partial charge in [-0.1, -0.05) is 11.6 Å². The highest BCUT2D eigenvalue weighted by molar-refractivity contribution is 6.32. The van der Waals surface area contributed by atoms with Crippen LogP contribution in [0.25, 0.3) is 0 Å². The van der Waals surface area contributed by atoms with Gasteiger partial charge in [-0.05, 0) is 14.0 Å². The Morgan fingerprint density at radius 3 is 2.78 bits per heavy atom. The summed E-state index contributed by atoms with van der Waals surface area (Å²) in [6.07, 6.45) is 3.12. The molecule has 0 amide bonds. The molecule has 1 saturated heterocycles. The SMILES string of the molecule is CC(CN1CCN(C)CC1)Nc1ncncc1Cl. The second-order valence-electron chi connectivity index (χ2n) is 4.87. The van der Waals surface area contributed by atoms with E-state index >= 15 is 0 Å². The van der Waals surface area contributed by atoms with Gasteiger partial charge in [0, 0.05) is 38.8 Å². The van der Waals surface area contributed by atoms with E-state index in [2.05, 4.69) is 39.1 Å². The van der Waals surface area contributed by atoms with Crippen LogP contribution in [0.15, 0.2) is 12.5 Å². The first-order valence-corrected chi connectivity index (χ1v) is 6.66. The molecule has 1 fully saturated rings. The zero-order valence-electron chi connectivity index (χ0n) is 10.9. The van der Waals surface area contributed by atoms with Crippen molar-refractivity contribution in [3.63, 3.8) is 0 Å². The van der Waals surface area contributed by atoms with E-state index in [4.69, 9.17) is 11.6 Å². The van der Waals surface area contributed by atoms with E-state index in [1.165, 1.54) is 6.33 Å². The lowest BCUT2D eigenvalue weighted by Crippen LogP contribution is -2.47. The smallest absolute Gasteiger partial charge is 0.148 e. The topological polar surface area (TPSA) is 44.3 Å². The fourth-order valence-electron chi connectivity index (χ4n) is 2.12. The van der Waals surface area contributed by atoms with Gasteiger partial charge in [0.15, 0.2) is 0 Å². The lowest BCUT2D eigenvalue weighted by atomic mass is 10.2. The van der Waals surface area contributed by atoms with Crippen LogP contribution >= 0.6 is 11.6 Å². The minimum atomic E-state index is 0.320. The van der Waals surface area contributed by atoms with Gasteiger partial charge in [0.25, 0.3) is 0 Å². The molecule has 1 unspecified atom stereocenters. The normalized spacial score (nSPS) is 19.7. The first-order chi connectivity index (χ1) is 8.65. The lowest BCUT2D eigenvalue weighted by molar-refractivity contribution is 0.151. The zero-order chi connectivity index (χ0) is 13.0. The Labute approximate surface area is 113 Å². The molecule has 2 heterocycles. The highest BCUT2D eigenvalue weighted by Gasteiger charge is 2.16. The molecule has 0 radical (unpaired) electrons. The van der Waals surface area contributed by atoms with Crippen LogP contribution in [0.1, 0.15) is 6.92 Å². The van der Waals surface area contributed by atoms with E-state index in [9.17, 15) is 0 Å². The molecule has 0 aliphatic carbocycles. The van der Waals surface area contributed by atoms with Crippen LogP contribution in [0.5, 0.6) is 0 Å². The van der Waals surface area contributed by atoms with Crippen LogP contribution in [-0.2, 0) is 0 Å². The molecule has 100 valence electrons. The summed E-state index contributed by atoms with van der Waals surface area (Å²) in [5.74, 6) is 0.716. The van der Waals surface area contributed by atoms with Gasteiger partial charge in [-0.2, -0.15) is 0 Å². The van der Waals surface area contributed by atoms with Crippen LogP contribution in [0, 0.1) is 0 Å². The van der Waals surface area contributed by atoms with Crippen molar-refractivity contribution >= 4 is 17.4 Å². The van der Waals surface area contributed by atoms with E-state index in [0.29, 0.717) is 16.9 Å². The van der Waals surface area contributed by atoms with Crippen molar-refractivity contribution < 1.29 is 0 Å².